The fraction of sp³-hybridized carbons (Fsp3) is 0.435. The first-order chi connectivity index (χ1) is 14.6. The monoisotopic (exact) mass is 448 g/mol. The van der Waals surface area contributed by atoms with E-state index in [1.807, 2.05) is 38.1 Å². The topological polar surface area (TPSA) is 84.9 Å². The number of hydrogen-bond acceptors (Lipinski definition) is 5. The molecule has 0 heterocycles. The van der Waals surface area contributed by atoms with Gasteiger partial charge in [0.1, 0.15) is 11.5 Å². The maximum absolute atomic E-state index is 12.3. The molecule has 1 atom stereocenters. The van der Waals surface area contributed by atoms with Crippen LogP contribution in [0.1, 0.15) is 32.8 Å². The molecule has 0 aliphatic heterocycles. The lowest BCUT2D eigenvalue weighted by molar-refractivity contribution is -0.127. The van der Waals surface area contributed by atoms with E-state index in [9.17, 15) is 13.2 Å². The molecule has 8 heteroatoms. The Hall–Kier alpha value is -2.74. The lowest BCUT2D eigenvalue weighted by Gasteiger charge is -2.18. The molecule has 170 valence electrons. The maximum Gasteiger partial charge on any atom is 0.260 e. The minimum Gasteiger partial charge on any atom is -0.491 e. The quantitative estimate of drug-likeness (QED) is 0.533. The van der Waals surface area contributed by atoms with Gasteiger partial charge in [0.15, 0.2) is 6.10 Å². The number of anilines is 1. The zero-order valence-corrected chi connectivity index (χ0v) is 19.6. The van der Waals surface area contributed by atoms with Gasteiger partial charge < -0.3 is 14.8 Å². The van der Waals surface area contributed by atoms with Crippen LogP contribution >= 0.6 is 0 Å². The first-order valence-electron chi connectivity index (χ1n) is 10.3. The fourth-order valence-corrected chi connectivity index (χ4v) is 3.38. The minimum absolute atomic E-state index is 0.132. The smallest absolute Gasteiger partial charge is 0.260 e. The van der Waals surface area contributed by atoms with Crippen LogP contribution in [0, 0.1) is 0 Å². The summed E-state index contributed by atoms with van der Waals surface area (Å²) in [7, 11) is -1.84. The second-order valence-electron chi connectivity index (χ2n) is 7.69. The molecule has 31 heavy (non-hydrogen) atoms. The number of carbonyl (C=O) groups is 1. The Labute approximate surface area is 185 Å². The summed E-state index contributed by atoms with van der Waals surface area (Å²) in [5.74, 6) is 1.15. The standard InChI is InChI=1S/C23H32N2O5S/c1-17(2)29-22-10-6-8-19(16-22)9-7-15-24-23(26)18(3)30-21-13-11-20(12-14-21)25(4)31(5,27)28/h6,8,10-14,16-18H,7,9,15H2,1-5H3,(H,24,26)/t18-/m0/s1. The van der Waals surface area contributed by atoms with E-state index in [1.165, 1.54) is 11.4 Å². The third kappa shape index (κ3) is 8.13. The highest BCUT2D eigenvalue weighted by Crippen LogP contribution is 2.21. The van der Waals surface area contributed by atoms with Crippen LogP contribution in [0.4, 0.5) is 5.69 Å². The molecule has 0 fully saturated rings. The number of rotatable bonds is 11. The van der Waals surface area contributed by atoms with E-state index in [-0.39, 0.29) is 12.0 Å². The lowest BCUT2D eigenvalue weighted by atomic mass is 10.1. The largest absolute Gasteiger partial charge is 0.491 e. The third-order valence-corrected chi connectivity index (χ3v) is 5.80. The number of carbonyl (C=O) groups excluding carboxylic acids is 1. The molecule has 0 spiro atoms. The van der Waals surface area contributed by atoms with E-state index >= 15 is 0 Å². The Morgan fingerprint density at radius 3 is 2.32 bits per heavy atom. The highest BCUT2D eigenvalue weighted by Gasteiger charge is 2.15. The molecule has 0 saturated heterocycles. The number of amides is 1. The van der Waals surface area contributed by atoms with Gasteiger partial charge in [-0.2, -0.15) is 0 Å². The van der Waals surface area contributed by atoms with Gasteiger partial charge >= 0.3 is 0 Å². The molecular formula is C23H32N2O5S. The number of ether oxygens (including phenoxy) is 2. The summed E-state index contributed by atoms with van der Waals surface area (Å²) in [6.45, 7) is 6.21. The van der Waals surface area contributed by atoms with E-state index in [0.717, 1.165) is 30.4 Å². The van der Waals surface area contributed by atoms with Gasteiger partial charge in [0, 0.05) is 13.6 Å². The molecule has 0 aromatic heterocycles. The van der Waals surface area contributed by atoms with Gasteiger partial charge in [0.2, 0.25) is 10.0 Å². The van der Waals surface area contributed by atoms with Crippen LogP contribution in [-0.2, 0) is 21.2 Å². The van der Waals surface area contributed by atoms with Crippen molar-refractivity contribution in [1.29, 1.82) is 0 Å². The number of nitrogens with one attached hydrogen (secondary N) is 1. The van der Waals surface area contributed by atoms with Crippen LogP contribution in [0.2, 0.25) is 0 Å². The molecule has 0 bridgehead atoms. The third-order valence-electron chi connectivity index (χ3n) is 4.59. The Morgan fingerprint density at radius 1 is 1.03 bits per heavy atom. The van der Waals surface area contributed by atoms with E-state index in [4.69, 9.17) is 9.47 Å². The molecule has 0 unspecified atom stereocenters. The first-order valence-corrected chi connectivity index (χ1v) is 12.1. The van der Waals surface area contributed by atoms with Crippen LogP contribution in [0.15, 0.2) is 48.5 Å². The summed E-state index contributed by atoms with van der Waals surface area (Å²) >= 11 is 0. The van der Waals surface area contributed by atoms with Crippen molar-refractivity contribution in [2.45, 2.75) is 45.8 Å². The van der Waals surface area contributed by atoms with Gasteiger partial charge in [-0.05, 0) is 75.6 Å². The summed E-state index contributed by atoms with van der Waals surface area (Å²) < 4.78 is 35.7. The van der Waals surface area contributed by atoms with Crippen molar-refractivity contribution in [3.63, 3.8) is 0 Å². The normalized spacial score (nSPS) is 12.3. The molecule has 0 radical (unpaired) electrons. The molecule has 7 nitrogen and oxygen atoms in total. The molecule has 2 aromatic carbocycles. The second kappa shape index (κ2) is 11.0. The van der Waals surface area contributed by atoms with Crippen molar-refractivity contribution in [2.24, 2.45) is 0 Å². The molecule has 0 aliphatic carbocycles. The van der Waals surface area contributed by atoms with Crippen molar-refractivity contribution in [2.75, 3.05) is 24.2 Å². The summed E-state index contributed by atoms with van der Waals surface area (Å²) in [5, 5.41) is 2.89. The highest BCUT2D eigenvalue weighted by atomic mass is 32.2. The lowest BCUT2D eigenvalue weighted by Crippen LogP contribution is -2.36. The zero-order valence-electron chi connectivity index (χ0n) is 18.8. The molecule has 0 saturated carbocycles. The Kier molecular flexibility index (Phi) is 8.74. The van der Waals surface area contributed by atoms with Gasteiger partial charge in [0.05, 0.1) is 18.0 Å². The van der Waals surface area contributed by atoms with E-state index in [0.29, 0.717) is 18.0 Å². The van der Waals surface area contributed by atoms with Crippen LogP contribution in [0.25, 0.3) is 0 Å². The Balaban J connectivity index is 1.77. The van der Waals surface area contributed by atoms with Crippen LogP contribution in [0.5, 0.6) is 11.5 Å². The SMILES string of the molecule is CC(C)Oc1cccc(CCCNC(=O)[C@H](C)Oc2ccc(N(C)S(C)(=O)=O)cc2)c1. The van der Waals surface area contributed by atoms with Gasteiger partial charge in [-0.1, -0.05) is 12.1 Å². The van der Waals surface area contributed by atoms with Crippen LogP contribution < -0.4 is 19.1 Å². The molecular weight excluding hydrogens is 416 g/mol. The average Bonchev–Trinajstić information content (AvgIpc) is 2.70. The summed E-state index contributed by atoms with van der Waals surface area (Å²) in [6.07, 6.45) is 2.24. The number of aryl methyl sites for hydroxylation is 1. The summed E-state index contributed by atoms with van der Waals surface area (Å²) in [5.41, 5.74) is 1.69. The highest BCUT2D eigenvalue weighted by molar-refractivity contribution is 7.92. The van der Waals surface area contributed by atoms with E-state index < -0.39 is 16.1 Å². The van der Waals surface area contributed by atoms with Gasteiger partial charge in [0.25, 0.3) is 5.91 Å². The molecule has 1 amide bonds. The van der Waals surface area contributed by atoms with Crippen molar-refractivity contribution >= 4 is 21.6 Å². The fourth-order valence-electron chi connectivity index (χ4n) is 2.88. The second-order valence-corrected chi connectivity index (χ2v) is 9.71. The van der Waals surface area contributed by atoms with Crippen molar-refractivity contribution < 1.29 is 22.7 Å². The summed E-state index contributed by atoms with van der Waals surface area (Å²) in [4.78, 5) is 12.3. The van der Waals surface area contributed by atoms with Crippen molar-refractivity contribution in [3.05, 3.63) is 54.1 Å². The Morgan fingerprint density at radius 2 is 1.71 bits per heavy atom. The van der Waals surface area contributed by atoms with Crippen LogP contribution in [-0.4, -0.2) is 46.4 Å². The average molecular weight is 449 g/mol. The predicted octanol–water partition coefficient (Wildman–Crippen LogP) is 3.39. The molecule has 2 aromatic rings. The number of benzene rings is 2. The maximum atomic E-state index is 12.3. The zero-order chi connectivity index (χ0) is 23.0. The van der Waals surface area contributed by atoms with Gasteiger partial charge in [-0.25, -0.2) is 8.42 Å². The van der Waals surface area contributed by atoms with Gasteiger partial charge in [-0.3, -0.25) is 9.10 Å². The molecule has 2 rings (SSSR count). The van der Waals surface area contributed by atoms with Gasteiger partial charge in [-0.15, -0.1) is 0 Å². The summed E-state index contributed by atoms with van der Waals surface area (Å²) in [6, 6.07) is 14.6. The number of nitrogens with zero attached hydrogens (tertiary/aromatic N) is 1. The van der Waals surface area contributed by atoms with Crippen molar-refractivity contribution in [3.8, 4) is 11.5 Å². The Bertz CT molecular complexity index is 958. The van der Waals surface area contributed by atoms with Crippen LogP contribution in [0.3, 0.4) is 0 Å². The predicted molar refractivity (Wildman–Crippen MR) is 123 cm³/mol. The van der Waals surface area contributed by atoms with E-state index in [1.54, 1.807) is 31.2 Å². The number of sulfonamides is 1. The molecule has 0 aliphatic rings. The van der Waals surface area contributed by atoms with E-state index in [2.05, 4.69) is 5.32 Å². The minimum atomic E-state index is -3.32. The number of hydrogen-bond donors (Lipinski definition) is 1. The first kappa shape index (κ1) is 24.5. The molecule has 1 N–H and O–H groups in total. The van der Waals surface area contributed by atoms with Crippen molar-refractivity contribution in [1.82, 2.24) is 5.32 Å².